The molecule has 0 bridgehead atoms. The van der Waals surface area contributed by atoms with Gasteiger partial charge in [-0.1, -0.05) is 12.1 Å². The molecule has 1 unspecified atom stereocenters. The lowest BCUT2D eigenvalue weighted by Gasteiger charge is -2.19. The molecule has 0 radical (unpaired) electrons. The van der Waals surface area contributed by atoms with E-state index in [0.29, 0.717) is 6.61 Å². The van der Waals surface area contributed by atoms with Crippen LogP contribution in [0.1, 0.15) is 32.4 Å². The van der Waals surface area contributed by atoms with Crippen molar-refractivity contribution in [1.29, 1.82) is 0 Å². The van der Waals surface area contributed by atoms with Gasteiger partial charge in [0.15, 0.2) is 11.6 Å². The molecule has 0 saturated heterocycles. The van der Waals surface area contributed by atoms with Crippen molar-refractivity contribution in [3.05, 3.63) is 35.4 Å². The molecule has 19 heavy (non-hydrogen) atoms. The molecule has 0 spiro atoms. The maximum atomic E-state index is 13.4. The van der Waals surface area contributed by atoms with Gasteiger partial charge in [-0.05, 0) is 26.8 Å². The van der Waals surface area contributed by atoms with Gasteiger partial charge < -0.3 is 14.6 Å². The summed E-state index contributed by atoms with van der Waals surface area (Å²) < 4.78 is 36.9. The lowest BCUT2D eigenvalue weighted by Crippen LogP contribution is -2.22. The maximum absolute atomic E-state index is 13.4. The Morgan fingerprint density at radius 2 is 1.89 bits per heavy atom. The van der Waals surface area contributed by atoms with Crippen LogP contribution in [0.2, 0.25) is 0 Å². The Hall–Kier alpha value is -1.04. The predicted octanol–water partition coefficient (Wildman–Crippen LogP) is 2.83. The van der Waals surface area contributed by atoms with Crippen LogP contribution in [0, 0.1) is 11.6 Å². The quantitative estimate of drug-likeness (QED) is 0.811. The predicted molar refractivity (Wildman–Crippen MR) is 67.8 cm³/mol. The molecule has 0 aliphatic carbocycles. The zero-order valence-corrected chi connectivity index (χ0v) is 11.5. The van der Waals surface area contributed by atoms with Crippen molar-refractivity contribution < 1.29 is 23.4 Å². The van der Waals surface area contributed by atoms with Crippen LogP contribution in [-0.4, -0.2) is 30.5 Å². The van der Waals surface area contributed by atoms with E-state index in [1.54, 1.807) is 0 Å². The maximum Gasteiger partial charge on any atom is 0.164 e. The summed E-state index contributed by atoms with van der Waals surface area (Å²) in [5.74, 6) is -2.02. The van der Waals surface area contributed by atoms with Gasteiger partial charge >= 0.3 is 0 Å². The number of halogens is 2. The average molecular weight is 274 g/mol. The Morgan fingerprint density at radius 1 is 1.21 bits per heavy atom. The van der Waals surface area contributed by atoms with Gasteiger partial charge in [0, 0.05) is 5.56 Å². The van der Waals surface area contributed by atoms with E-state index in [0.717, 1.165) is 6.07 Å². The van der Waals surface area contributed by atoms with E-state index in [4.69, 9.17) is 9.47 Å². The lowest BCUT2D eigenvalue weighted by molar-refractivity contribution is -0.0481. The molecule has 1 aromatic rings. The van der Waals surface area contributed by atoms with E-state index in [9.17, 15) is 13.9 Å². The van der Waals surface area contributed by atoms with Crippen molar-refractivity contribution in [2.75, 3.05) is 19.8 Å². The minimum atomic E-state index is -1.19. The molecular formula is C14H20F2O3. The number of aliphatic hydroxyl groups is 1. The summed E-state index contributed by atoms with van der Waals surface area (Å²) in [5.41, 5.74) is -0.354. The summed E-state index contributed by atoms with van der Waals surface area (Å²) in [6.07, 6.45) is -1.19. The van der Waals surface area contributed by atoms with E-state index in [1.807, 2.05) is 20.8 Å². The third kappa shape index (κ3) is 5.63. The van der Waals surface area contributed by atoms with Crippen molar-refractivity contribution in [1.82, 2.24) is 0 Å². The van der Waals surface area contributed by atoms with Crippen LogP contribution in [0.3, 0.4) is 0 Å². The molecule has 108 valence electrons. The first-order valence-electron chi connectivity index (χ1n) is 6.15. The highest BCUT2D eigenvalue weighted by atomic mass is 19.2. The minimum Gasteiger partial charge on any atom is -0.386 e. The molecule has 1 aromatic carbocycles. The molecule has 1 rings (SSSR count). The smallest absolute Gasteiger partial charge is 0.164 e. The van der Waals surface area contributed by atoms with Gasteiger partial charge in [0.2, 0.25) is 0 Å². The van der Waals surface area contributed by atoms with Gasteiger partial charge in [-0.25, -0.2) is 8.78 Å². The molecule has 1 N–H and O–H groups in total. The van der Waals surface area contributed by atoms with Crippen LogP contribution in [0.15, 0.2) is 18.2 Å². The first-order valence-corrected chi connectivity index (χ1v) is 6.15. The van der Waals surface area contributed by atoms with E-state index < -0.39 is 17.7 Å². The number of benzene rings is 1. The van der Waals surface area contributed by atoms with Crippen LogP contribution in [-0.2, 0) is 9.47 Å². The number of hydrogen-bond acceptors (Lipinski definition) is 3. The molecule has 1 atom stereocenters. The van der Waals surface area contributed by atoms with E-state index in [2.05, 4.69) is 0 Å². The van der Waals surface area contributed by atoms with E-state index >= 15 is 0 Å². The number of ether oxygens (including phenoxy) is 2. The molecule has 0 aromatic heterocycles. The number of aliphatic hydroxyl groups excluding tert-OH is 1. The molecule has 0 heterocycles. The third-order valence-corrected chi connectivity index (χ3v) is 2.38. The highest BCUT2D eigenvalue weighted by Gasteiger charge is 2.16. The van der Waals surface area contributed by atoms with Crippen molar-refractivity contribution in [3.63, 3.8) is 0 Å². The summed E-state index contributed by atoms with van der Waals surface area (Å²) in [6, 6.07) is 3.68. The Kier molecular flexibility index (Phi) is 5.85. The fraction of sp³-hybridized carbons (Fsp3) is 0.571. The van der Waals surface area contributed by atoms with Gasteiger partial charge in [-0.3, -0.25) is 0 Å². The highest BCUT2D eigenvalue weighted by molar-refractivity contribution is 5.21. The van der Waals surface area contributed by atoms with Crippen LogP contribution < -0.4 is 0 Å². The molecule has 0 fully saturated rings. The number of hydrogen-bond donors (Lipinski definition) is 1. The summed E-state index contributed by atoms with van der Waals surface area (Å²) >= 11 is 0. The standard InChI is InChI=1S/C14H20F2O3/c1-14(2,3)19-8-7-18-9-12(17)10-5-4-6-11(15)13(10)16/h4-6,12,17H,7-9H2,1-3H3. The van der Waals surface area contributed by atoms with Crippen LogP contribution in [0.4, 0.5) is 8.78 Å². The fourth-order valence-electron chi connectivity index (χ4n) is 1.47. The van der Waals surface area contributed by atoms with Crippen LogP contribution >= 0.6 is 0 Å². The summed E-state index contributed by atoms with van der Waals surface area (Å²) in [5, 5.41) is 9.71. The van der Waals surface area contributed by atoms with Crippen molar-refractivity contribution in [3.8, 4) is 0 Å². The Morgan fingerprint density at radius 3 is 2.53 bits per heavy atom. The van der Waals surface area contributed by atoms with Gasteiger partial charge in [0.25, 0.3) is 0 Å². The van der Waals surface area contributed by atoms with Crippen LogP contribution in [0.25, 0.3) is 0 Å². The SMILES string of the molecule is CC(C)(C)OCCOCC(O)c1cccc(F)c1F. The van der Waals surface area contributed by atoms with Gasteiger partial charge in [-0.2, -0.15) is 0 Å². The molecule has 0 aliphatic rings. The first kappa shape index (κ1) is 16.0. The topological polar surface area (TPSA) is 38.7 Å². The van der Waals surface area contributed by atoms with E-state index in [-0.39, 0.29) is 24.4 Å². The average Bonchev–Trinajstić information content (AvgIpc) is 2.30. The molecule has 0 saturated carbocycles. The minimum absolute atomic E-state index is 0.100. The molecule has 3 nitrogen and oxygen atoms in total. The largest absolute Gasteiger partial charge is 0.386 e. The van der Waals surface area contributed by atoms with Gasteiger partial charge in [0.05, 0.1) is 25.4 Å². The lowest BCUT2D eigenvalue weighted by atomic mass is 10.1. The third-order valence-electron chi connectivity index (χ3n) is 2.38. The fourth-order valence-corrected chi connectivity index (χ4v) is 1.47. The van der Waals surface area contributed by atoms with Crippen molar-refractivity contribution >= 4 is 0 Å². The normalized spacial score (nSPS) is 13.6. The van der Waals surface area contributed by atoms with Crippen molar-refractivity contribution in [2.45, 2.75) is 32.5 Å². The summed E-state index contributed by atoms with van der Waals surface area (Å²) in [6.45, 7) is 6.32. The summed E-state index contributed by atoms with van der Waals surface area (Å²) in [7, 11) is 0. The molecule has 0 amide bonds. The second-order valence-electron chi connectivity index (χ2n) is 5.19. The highest BCUT2D eigenvalue weighted by Crippen LogP contribution is 2.19. The molecular weight excluding hydrogens is 254 g/mol. The first-order chi connectivity index (χ1) is 8.81. The van der Waals surface area contributed by atoms with Crippen molar-refractivity contribution in [2.24, 2.45) is 0 Å². The Balaban J connectivity index is 2.35. The van der Waals surface area contributed by atoms with Gasteiger partial charge in [0.1, 0.15) is 6.10 Å². The van der Waals surface area contributed by atoms with Crippen LogP contribution in [0.5, 0.6) is 0 Å². The molecule has 5 heteroatoms. The molecule has 0 aliphatic heterocycles. The summed E-state index contributed by atoms with van der Waals surface area (Å²) in [4.78, 5) is 0. The Labute approximate surface area is 112 Å². The zero-order valence-electron chi connectivity index (χ0n) is 11.5. The monoisotopic (exact) mass is 274 g/mol. The second kappa shape index (κ2) is 6.93. The van der Waals surface area contributed by atoms with Gasteiger partial charge in [-0.15, -0.1) is 0 Å². The van der Waals surface area contributed by atoms with E-state index in [1.165, 1.54) is 12.1 Å². The Bertz CT molecular complexity index is 402. The second-order valence-corrected chi connectivity index (χ2v) is 5.19. The zero-order chi connectivity index (χ0) is 14.5. The number of rotatable bonds is 6.